The van der Waals surface area contributed by atoms with Crippen molar-refractivity contribution in [3.05, 3.63) is 12.2 Å². The number of fused-ring (bicyclic) bond motifs is 5. The van der Waals surface area contributed by atoms with Crippen molar-refractivity contribution in [3.8, 4) is 0 Å². The van der Waals surface area contributed by atoms with Crippen LogP contribution in [-0.4, -0.2) is 17.6 Å². The van der Waals surface area contributed by atoms with Gasteiger partial charge in [-0.25, -0.2) is 0 Å². The summed E-state index contributed by atoms with van der Waals surface area (Å²) in [7, 11) is 0. The molecule has 2 N–H and O–H groups in total. The van der Waals surface area contributed by atoms with Gasteiger partial charge in [0.1, 0.15) is 5.78 Å². The lowest BCUT2D eigenvalue weighted by atomic mass is 9.46. The molecule has 0 amide bonds. The molecule has 4 rings (SSSR count). The Kier molecular flexibility index (Phi) is 3.01. The summed E-state index contributed by atoms with van der Waals surface area (Å²) in [5, 5.41) is 0. The molecule has 3 fully saturated rings. The Morgan fingerprint density at radius 3 is 2.59 bits per heavy atom. The van der Waals surface area contributed by atoms with Gasteiger partial charge >= 0.3 is 0 Å². The summed E-state index contributed by atoms with van der Waals surface area (Å²) in [5.74, 6) is 2.65. The minimum atomic E-state index is -0.325. The molecule has 22 heavy (non-hydrogen) atoms. The summed E-state index contributed by atoms with van der Waals surface area (Å²) < 4.78 is 0. The lowest BCUT2D eigenvalue weighted by Gasteiger charge is -2.58. The Balaban J connectivity index is 1.71. The van der Waals surface area contributed by atoms with Crippen molar-refractivity contribution in [1.82, 2.24) is 0 Å². The fourth-order valence-electron chi connectivity index (χ4n) is 6.58. The van der Waals surface area contributed by atoms with E-state index in [1.807, 2.05) is 0 Å². The Hall–Kier alpha value is -0.960. The lowest BCUT2D eigenvalue weighted by molar-refractivity contribution is -0.136. The van der Waals surface area contributed by atoms with Gasteiger partial charge in [0.25, 0.3) is 0 Å². The number of allylic oxidation sites excluding steroid dienone is 1. The maximum absolute atomic E-state index is 12.4. The Morgan fingerprint density at radius 1 is 1.05 bits per heavy atom. The molecule has 0 radical (unpaired) electrons. The van der Waals surface area contributed by atoms with Gasteiger partial charge in [-0.2, -0.15) is 0 Å². The third-order valence-electron chi connectivity index (χ3n) is 7.92. The van der Waals surface area contributed by atoms with Crippen LogP contribution >= 0.6 is 0 Å². The minimum absolute atomic E-state index is 0.0449. The van der Waals surface area contributed by atoms with Crippen molar-refractivity contribution in [3.63, 3.8) is 0 Å². The normalized spacial score (nSPS) is 53.9. The average molecular weight is 301 g/mol. The number of hydrogen-bond donors (Lipinski definition) is 1. The molecule has 0 saturated heterocycles. The summed E-state index contributed by atoms with van der Waals surface area (Å²) >= 11 is 0. The van der Waals surface area contributed by atoms with Crippen LogP contribution in [0, 0.1) is 34.5 Å². The van der Waals surface area contributed by atoms with E-state index in [0.29, 0.717) is 23.5 Å². The second-order valence-electron chi connectivity index (χ2n) is 8.61. The van der Waals surface area contributed by atoms with Gasteiger partial charge in [-0.3, -0.25) is 9.59 Å². The molecule has 2 unspecified atom stereocenters. The number of hydrogen-bond acceptors (Lipinski definition) is 3. The highest BCUT2D eigenvalue weighted by atomic mass is 16.1. The quantitative estimate of drug-likeness (QED) is 0.748. The monoisotopic (exact) mass is 301 g/mol. The van der Waals surface area contributed by atoms with E-state index in [9.17, 15) is 9.59 Å². The van der Waals surface area contributed by atoms with E-state index in [0.717, 1.165) is 38.5 Å². The molecule has 0 aromatic rings. The third kappa shape index (κ3) is 1.66. The molecule has 0 bridgehead atoms. The van der Waals surface area contributed by atoms with Gasteiger partial charge in [0.15, 0.2) is 5.78 Å². The van der Waals surface area contributed by atoms with E-state index in [1.165, 1.54) is 0 Å². The zero-order valence-electron chi connectivity index (χ0n) is 13.7. The number of nitrogens with two attached hydrogens (primary N) is 1. The fourth-order valence-corrected chi connectivity index (χ4v) is 6.58. The molecule has 0 aromatic heterocycles. The Morgan fingerprint density at radius 2 is 1.82 bits per heavy atom. The Labute approximate surface area is 132 Å². The van der Waals surface area contributed by atoms with Crippen LogP contribution in [-0.2, 0) is 9.59 Å². The highest BCUT2D eigenvalue weighted by Gasteiger charge is 2.60. The van der Waals surface area contributed by atoms with Crippen LogP contribution in [0.15, 0.2) is 12.2 Å². The average Bonchev–Trinajstić information content (AvgIpc) is 2.79. The van der Waals surface area contributed by atoms with E-state index in [2.05, 4.69) is 19.9 Å². The first-order valence-electron chi connectivity index (χ1n) is 8.90. The first-order chi connectivity index (χ1) is 10.4. The molecule has 7 atom stereocenters. The maximum Gasteiger partial charge on any atom is 0.172 e. The molecule has 3 heteroatoms. The number of Topliss-reactive ketones (excluding diaryl/α,β-unsaturated/α-hetero) is 1. The van der Waals surface area contributed by atoms with Gasteiger partial charge in [-0.05, 0) is 67.3 Å². The van der Waals surface area contributed by atoms with E-state index in [1.54, 1.807) is 6.08 Å². The van der Waals surface area contributed by atoms with Gasteiger partial charge in [0.2, 0.25) is 0 Å². The molecule has 0 heterocycles. The summed E-state index contributed by atoms with van der Waals surface area (Å²) in [6.45, 7) is 4.53. The predicted octanol–water partition coefficient (Wildman–Crippen LogP) is 2.88. The van der Waals surface area contributed by atoms with Crippen LogP contribution in [0.4, 0.5) is 0 Å². The van der Waals surface area contributed by atoms with Crippen molar-refractivity contribution in [2.45, 2.75) is 58.4 Å². The minimum Gasteiger partial charge on any atom is -0.321 e. The standard InChI is InChI=1S/C19H27NO2/c1-18-10-8-15(21)17(20)14(18)4-3-11-12-5-6-16(22)19(12,2)9-7-13(11)18/h8,10-14,17H,3-7,9,20H2,1-2H3/t11-,12-,13+,14?,17?,18+,19-/m0/s1. The molecular formula is C19H27NO2. The summed E-state index contributed by atoms with van der Waals surface area (Å²) in [5.41, 5.74) is 6.22. The topological polar surface area (TPSA) is 60.2 Å². The van der Waals surface area contributed by atoms with Gasteiger partial charge in [0.05, 0.1) is 6.04 Å². The number of ketones is 2. The second kappa shape index (κ2) is 4.53. The molecule has 120 valence electrons. The van der Waals surface area contributed by atoms with Gasteiger partial charge in [-0.15, -0.1) is 0 Å². The highest BCUT2D eigenvalue weighted by molar-refractivity contribution is 5.95. The maximum atomic E-state index is 12.4. The van der Waals surface area contributed by atoms with Crippen LogP contribution in [0.3, 0.4) is 0 Å². The van der Waals surface area contributed by atoms with Crippen molar-refractivity contribution < 1.29 is 9.59 Å². The van der Waals surface area contributed by atoms with Gasteiger partial charge in [-0.1, -0.05) is 19.9 Å². The smallest absolute Gasteiger partial charge is 0.172 e. The van der Waals surface area contributed by atoms with Crippen LogP contribution < -0.4 is 5.73 Å². The van der Waals surface area contributed by atoms with E-state index >= 15 is 0 Å². The fraction of sp³-hybridized carbons (Fsp3) is 0.789. The summed E-state index contributed by atoms with van der Waals surface area (Å²) in [6, 6.07) is -0.325. The Bertz CT molecular complexity index is 568. The SMILES string of the molecule is C[C@]12C=CC(=O)C(N)C1CC[C@@H]1[C@H]2CC[C@]2(C)C(=O)CC[C@@H]12. The first kappa shape index (κ1) is 14.6. The van der Waals surface area contributed by atoms with Crippen molar-refractivity contribution in [2.75, 3.05) is 0 Å². The van der Waals surface area contributed by atoms with Crippen LogP contribution in [0.2, 0.25) is 0 Å². The zero-order chi connectivity index (χ0) is 15.7. The molecule has 3 nitrogen and oxygen atoms in total. The third-order valence-corrected chi connectivity index (χ3v) is 7.92. The van der Waals surface area contributed by atoms with Crippen molar-refractivity contribution >= 4 is 11.6 Å². The molecule has 0 aromatic carbocycles. The van der Waals surface area contributed by atoms with Crippen LogP contribution in [0.5, 0.6) is 0 Å². The van der Waals surface area contributed by atoms with Crippen LogP contribution in [0.1, 0.15) is 52.4 Å². The molecule has 0 aliphatic heterocycles. The van der Waals surface area contributed by atoms with E-state index in [-0.39, 0.29) is 28.6 Å². The number of carbonyl (C=O) groups excluding carboxylic acids is 2. The van der Waals surface area contributed by atoms with E-state index in [4.69, 9.17) is 5.73 Å². The van der Waals surface area contributed by atoms with Gasteiger partial charge in [0, 0.05) is 11.8 Å². The number of rotatable bonds is 0. The largest absolute Gasteiger partial charge is 0.321 e. The van der Waals surface area contributed by atoms with Crippen LogP contribution in [0.25, 0.3) is 0 Å². The molecular weight excluding hydrogens is 274 g/mol. The lowest BCUT2D eigenvalue weighted by Crippen LogP contribution is -2.57. The highest BCUT2D eigenvalue weighted by Crippen LogP contribution is 2.64. The van der Waals surface area contributed by atoms with Gasteiger partial charge < -0.3 is 5.73 Å². The first-order valence-corrected chi connectivity index (χ1v) is 8.90. The summed E-state index contributed by atoms with van der Waals surface area (Å²) in [4.78, 5) is 24.4. The second-order valence-corrected chi connectivity index (χ2v) is 8.61. The van der Waals surface area contributed by atoms with Crippen molar-refractivity contribution in [1.29, 1.82) is 0 Å². The zero-order valence-corrected chi connectivity index (χ0v) is 13.7. The summed E-state index contributed by atoms with van der Waals surface area (Å²) in [6.07, 6.45) is 10.1. The predicted molar refractivity (Wildman–Crippen MR) is 85.0 cm³/mol. The molecule has 4 aliphatic rings. The van der Waals surface area contributed by atoms with Crippen molar-refractivity contribution in [2.24, 2.45) is 40.2 Å². The molecule has 3 saturated carbocycles. The number of carbonyl (C=O) groups is 2. The van der Waals surface area contributed by atoms with E-state index < -0.39 is 0 Å². The molecule has 0 spiro atoms. The molecule has 4 aliphatic carbocycles.